The van der Waals surface area contributed by atoms with Crippen molar-refractivity contribution in [1.82, 2.24) is 4.31 Å². The fourth-order valence-corrected chi connectivity index (χ4v) is 4.63. The van der Waals surface area contributed by atoms with E-state index < -0.39 is 10.0 Å². The van der Waals surface area contributed by atoms with E-state index in [1.165, 1.54) is 10.7 Å². The summed E-state index contributed by atoms with van der Waals surface area (Å²) in [6.07, 6.45) is 5.13. The van der Waals surface area contributed by atoms with Gasteiger partial charge in [0, 0.05) is 13.1 Å². The summed E-state index contributed by atoms with van der Waals surface area (Å²) in [4.78, 5) is 0.0322. The van der Waals surface area contributed by atoms with Crippen LogP contribution < -0.4 is 5.73 Å². The van der Waals surface area contributed by atoms with Gasteiger partial charge in [0.25, 0.3) is 0 Å². The molecule has 106 valence electrons. The Balaban J connectivity index is 2.36. The number of hydrogen-bond acceptors (Lipinski definition) is 3. The largest absolute Gasteiger partial charge is 0.398 e. The fraction of sp³-hybridized carbons (Fsp3) is 0.538. The predicted molar refractivity (Wildman–Crippen MR) is 77.7 cm³/mol. The molecule has 1 aromatic carbocycles. The summed E-state index contributed by atoms with van der Waals surface area (Å²) in [5.41, 5.74) is 5.99. The van der Waals surface area contributed by atoms with E-state index >= 15 is 0 Å². The van der Waals surface area contributed by atoms with Crippen LogP contribution in [0.1, 0.15) is 32.1 Å². The summed E-state index contributed by atoms with van der Waals surface area (Å²) in [6, 6.07) is 4.82. The van der Waals surface area contributed by atoms with E-state index in [2.05, 4.69) is 0 Å². The van der Waals surface area contributed by atoms with Crippen LogP contribution >= 0.6 is 11.6 Å². The Bertz CT molecular complexity index is 534. The molecule has 2 rings (SSSR count). The molecule has 0 saturated heterocycles. The van der Waals surface area contributed by atoms with Gasteiger partial charge in [0.05, 0.1) is 10.7 Å². The Morgan fingerprint density at radius 3 is 2.47 bits per heavy atom. The van der Waals surface area contributed by atoms with E-state index in [0.717, 1.165) is 25.7 Å². The molecule has 0 bridgehead atoms. The van der Waals surface area contributed by atoms with Crippen LogP contribution in [0, 0.1) is 0 Å². The Kier molecular flexibility index (Phi) is 4.38. The van der Waals surface area contributed by atoms with Crippen molar-refractivity contribution in [2.75, 3.05) is 12.8 Å². The zero-order valence-electron chi connectivity index (χ0n) is 11.0. The minimum absolute atomic E-state index is 0.0322. The van der Waals surface area contributed by atoms with Gasteiger partial charge in [-0.15, -0.1) is 0 Å². The van der Waals surface area contributed by atoms with Crippen LogP contribution in [-0.4, -0.2) is 25.8 Å². The predicted octanol–water partition coefficient (Wildman–Crippen LogP) is 2.88. The molecule has 1 saturated carbocycles. The van der Waals surface area contributed by atoms with Crippen molar-refractivity contribution in [2.24, 2.45) is 0 Å². The second-order valence-electron chi connectivity index (χ2n) is 4.97. The topological polar surface area (TPSA) is 63.4 Å². The third-order valence-corrected chi connectivity index (χ3v) is 6.18. The van der Waals surface area contributed by atoms with Crippen LogP contribution in [0.25, 0.3) is 0 Å². The van der Waals surface area contributed by atoms with Gasteiger partial charge in [-0.1, -0.05) is 36.9 Å². The van der Waals surface area contributed by atoms with Crippen LogP contribution in [0.4, 0.5) is 5.69 Å². The normalized spacial score (nSPS) is 17.8. The standard InChI is InChI=1S/C13H19ClN2O2S/c1-16(10-6-3-2-4-7-10)19(17,18)13-11(14)8-5-9-12(13)15/h5,8-10H,2-4,6-7,15H2,1H3. The highest BCUT2D eigenvalue weighted by Crippen LogP contribution is 2.32. The molecular formula is C13H19ClN2O2S. The maximum absolute atomic E-state index is 12.6. The quantitative estimate of drug-likeness (QED) is 0.873. The molecule has 0 amide bonds. The summed E-state index contributed by atoms with van der Waals surface area (Å²) in [6.45, 7) is 0. The second-order valence-corrected chi connectivity index (χ2v) is 7.31. The van der Waals surface area contributed by atoms with Crippen molar-refractivity contribution in [1.29, 1.82) is 0 Å². The highest BCUT2D eigenvalue weighted by atomic mass is 35.5. The fourth-order valence-electron chi connectivity index (χ4n) is 2.58. The van der Waals surface area contributed by atoms with Gasteiger partial charge in [0.15, 0.2) is 0 Å². The summed E-state index contributed by atoms with van der Waals surface area (Å²) >= 11 is 6.01. The maximum Gasteiger partial charge on any atom is 0.246 e. The number of nitrogens with two attached hydrogens (primary N) is 1. The third kappa shape index (κ3) is 2.88. The van der Waals surface area contributed by atoms with Crippen molar-refractivity contribution in [3.63, 3.8) is 0 Å². The first-order valence-electron chi connectivity index (χ1n) is 6.46. The van der Waals surface area contributed by atoms with Crippen molar-refractivity contribution in [2.45, 2.75) is 43.0 Å². The molecule has 0 radical (unpaired) electrons. The number of anilines is 1. The lowest BCUT2D eigenvalue weighted by atomic mass is 9.96. The zero-order valence-corrected chi connectivity index (χ0v) is 12.5. The molecule has 0 spiro atoms. The molecular weight excluding hydrogens is 284 g/mol. The van der Waals surface area contributed by atoms with E-state index in [-0.39, 0.29) is 21.6 Å². The molecule has 4 nitrogen and oxygen atoms in total. The van der Waals surface area contributed by atoms with Crippen molar-refractivity contribution in [3.05, 3.63) is 23.2 Å². The first kappa shape index (κ1) is 14.6. The van der Waals surface area contributed by atoms with Crippen LogP contribution in [0.15, 0.2) is 23.1 Å². The van der Waals surface area contributed by atoms with E-state index in [4.69, 9.17) is 17.3 Å². The van der Waals surface area contributed by atoms with E-state index in [0.29, 0.717) is 0 Å². The van der Waals surface area contributed by atoms with Crippen molar-refractivity contribution in [3.8, 4) is 0 Å². The summed E-state index contributed by atoms with van der Waals surface area (Å²) < 4.78 is 26.7. The lowest BCUT2D eigenvalue weighted by Gasteiger charge is -2.30. The van der Waals surface area contributed by atoms with Gasteiger partial charge in [-0.25, -0.2) is 8.42 Å². The number of sulfonamides is 1. The van der Waals surface area contributed by atoms with Crippen LogP contribution in [-0.2, 0) is 10.0 Å². The third-order valence-electron chi connectivity index (χ3n) is 3.72. The Hall–Kier alpha value is -0.780. The molecule has 19 heavy (non-hydrogen) atoms. The monoisotopic (exact) mass is 302 g/mol. The molecule has 0 unspecified atom stereocenters. The highest BCUT2D eigenvalue weighted by molar-refractivity contribution is 7.89. The molecule has 6 heteroatoms. The number of nitrogens with zero attached hydrogens (tertiary/aromatic N) is 1. The number of rotatable bonds is 3. The number of halogens is 1. The van der Waals surface area contributed by atoms with Crippen molar-refractivity contribution < 1.29 is 8.42 Å². The smallest absolute Gasteiger partial charge is 0.246 e. The molecule has 1 aliphatic rings. The molecule has 0 aliphatic heterocycles. The minimum Gasteiger partial charge on any atom is -0.398 e. The number of benzene rings is 1. The molecule has 1 aromatic rings. The Labute approximate surface area is 119 Å². The summed E-state index contributed by atoms with van der Waals surface area (Å²) in [7, 11) is -2.00. The van der Waals surface area contributed by atoms with Gasteiger partial charge in [-0.2, -0.15) is 4.31 Å². The molecule has 0 atom stereocenters. The Morgan fingerprint density at radius 1 is 1.26 bits per heavy atom. The lowest BCUT2D eigenvalue weighted by molar-refractivity contribution is 0.286. The minimum atomic E-state index is -3.62. The number of hydrogen-bond donors (Lipinski definition) is 1. The average molecular weight is 303 g/mol. The first-order chi connectivity index (χ1) is 8.94. The second kappa shape index (κ2) is 5.69. The van der Waals surface area contributed by atoms with Gasteiger partial charge >= 0.3 is 0 Å². The van der Waals surface area contributed by atoms with Crippen molar-refractivity contribution >= 4 is 27.3 Å². The van der Waals surface area contributed by atoms with Gasteiger partial charge in [0.1, 0.15) is 4.90 Å². The van der Waals surface area contributed by atoms with E-state index in [1.807, 2.05) is 0 Å². The molecule has 1 aliphatic carbocycles. The first-order valence-corrected chi connectivity index (χ1v) is 8.28. The average Bonchev–Trinajstić information content (AvgIpc) is 2.38. The van der Waals surface area contributed by atoms with Crippen LogP contribution in [0.3, 0.4) is 0 Å². The maximum atomic E-state index is 12.6. The summed E-state index contributed by atoms with van der Waals surface area (Å²) in [5, 5.41) is 0.183. The van der Waals surface area contributed by atoms with Gasteiger partial charge in [-0.05, 0) is 25.0 Å². The lowest BCUT2D eigenvalue weighted by Crippen LogP contribution is -2.38. The molecule has 2 N–H and O–H groups in total. The Morgan fingerprint density at radius 2 is 1.89 bits per heavy atom. The summed E-state index contributed by atoms with van der Waals surface area (Å²) in [5.74, 6) is 0. The van der Waals surface area contributed by atoms with Crippen LogP contribution in [0.2, 0.25) is 5.02 Å². The van der Waals surface area contributed by atoms with E-state index in [9.17, 15) is 8.42 Å². The SMILES string of the molecule is CN(C1CCCCC1)S(=O)(=O)c1c(N)cccc1Cl. The van der Waals surface area contributed by atoms with Gasteiger partial charge in [-0.3, -0.25) is 0 Å². The van der Waals surface area contributed by atoms with E-state index in [1.54, 1.807) is 25.2 Å². The van der Waals surface area contributed by atoms with Crippen LogP contribution in [0.5, 0.6) is 0 Å². The molecule has 1 fully saturated rings. The zero-order chi connectivity index (χ0) is 14.0. The molecule has 0 heterocycles. The highest BCUT2D eigenvalue weighted by Gasteiger charge is 2.31. The number of nitrogen functional groups attached to an aromatic ring is 1. The molecule has 0 aromatic heterocycles. The van der Waals surface area contributed by atoms with Gasteiger partial charge < -0.3 is 5.73 Å². The van der Waals surface area contributed by atoms with Gasteiger partial charge in [0.2, 0.25) is 10.0 Å².